The molecule has 2 heterocycles. The first-order valence-electron chi connectivity index (χ1n) is 9.81. The molecule has 2 saturated heterocycles. The Bertz CT molecular complexity index is 897. The van der Waals surface area contributed by atoms with E-state index in [0.717, 1.165) is 36.0 Å². The highest BCUT2D eigenvalue weighted by molar-refractivity contribution is 8.18. The molecule has 0 aliphatic carbocycles. The average Bonchev–Trinajstić information content (AvgIpc) is 2.93. The number of para-hydroxylation sites is 1. The molecular weight excluding hydrogens is 426 g/mol. The third kappa shape index (κ3) is 5.49. The van der Waals surface area contributed by atoms with Gasteiger partial charge in [-0.05, 0) is 57.0 Å². The summed E-state index contributed by atoms with van der Waals surface area (Å²) in [5, 5.41) is 5.40. The third-order valence-corrected chi connectivity index (χ3v) is 6.04. The number of thioether (sulfide) groups is 1. The molecule has 1 aromatic rings. The van der Waals surface area contributed by atoms with Crippen molar-refractivity contribution in [1.82, 2.24) is 10.6 Å². The number of amides is 3. The van der Waals surface area contributed by atoms with Crippen molar-refractivity contribution in [3.8, 4) is 0 Å². The number of imide groups is 1. The molecule has 3 rings (SSSR count). The summed E-state index contributed by atoms with van der Waals surface area (Å²) in [7, 11) is 0. The molecule has 0 radical (unpaired) electrons. The lowest BCUT2D eigenvalue weighted by atomic mass is 9.92. The molecule has 1 aromatic carbocycles. The monoisotopic (exact) mass is 451 g/mol. The number of carbonyl (C=O) groups is 3. The van der Waals surface area contributed by atoms with Crippen molar-refractivity contribution in [2.75, 3.05) is 18.0 Å². The number of benzene rings is 1. The number of nitrogens with one attached hydrogen (secondary N) is 2. The molecule has 2 aliphatic heterocycles. The van der Waals surface area contributed by atoms with Gasteiger partial charge in [-0.2, -0.15) is 0 Å². The normalized spacial score (nSPS) is 23.5. The Kier molecular flexibility index (Phi) is 6.67. The first-order chi connectivity index (χ1) is 14.0. The number of halogens is 1. The van der Waals surface area contributed by atoms with Crippen LogP contribution in [0.15, 0.2) is 23.1 Å². The van der Waals surface area contributed by atoms with E-state index in [1.165, 1.54) is 0 Å². The predicted octanol–water partition coefficient (Wildman–Crippen LogP) is 4.40. The Morgan fingerprint density at radius 1 is 1.37 bits per heavy atom. The van der Waals surface area contributed by atoms with Gasteiger partial charge < -0.3 is 15.0 Å². The number of rotatable bonds is 3. The first kappa shape index (κ1) is 22.5. The molecule has 0 spiro atoms. The molecule has 0 bridgehead atoms. The van der Waals surface area contributed by atoms with Crippen LogP contribution < -0.4 is 15.5 Å². The number of piperidine rings is 1. The Labute approximate surface area is 185 Å². The predicted molar refractivity (Wildman–Crippen MR) is 120 cm³/mol. The molecule has 7 nitrogen and oxygen atoms in total. The minimum absolute atomic E-state index is 0.115. The fourth-order valence-corrected chi connectivity index (χ4v) is 4.44. The Morgan fingerprint density at radius 2 is 2.10 bits per heavy atom. The van der Waals surface area contributed by atoms with Crippen LogP contribution in [-0.4, -0.2) is 42.0 Å². The molecule has 9 heteroatoms. The van der Waals surface area contributed by atoms with E-state index in [1.807, 2.05) is 26.8 Å². The molecule has 2 N–H and O–H groups in total. The van der Waals surface area contributed by atoms with Gasteiger partial charge in [-0.15, -0.1) is 0 Å². The minimum atomic E-state index is -0.569. The van der Waals surface area contributed by atoms with Gasteiger partial charge in [0.15, 0.2) is 0 Å². The van der Waals surface area contributed by atoms with E-state index in [4.69, 9.17) is 16.3 Å². The summed E-state index contributed by atoms with van der Waals surface area (Å²) in [5.74, 6) is -0.139. The number of anilines is 1. The number of hydrogen-bond donors (Lipinski definition) is 2. The summed E-state index contributed by atoms with van der Waals surface area (Å²) >= 11 is 7.40. The van der Waals surface area contributed by atoms with Gasteiger partial charge in [-0.3, -0.25) is 14.9 Å². The Hall–Kier alpha value is -2.19. The van der Waals surface area contributed by atoms with Crippen LogP contribution in [0.2, 0.25) is 5.02 Å². The highest BCUT2D eigenvalue weighted by atomic mass is 35.5. The summed E-state index contributed by atoms with van der Waals surface area (Å²) in [6, 6.07) is 5.34. The van der Waals surface area contributed by atoms with Crippen LogP contribution in [0.3, 0.4) is 0 Å². The van der Waals surface area contributed by atoms with E-state index in [-0.39, 0.29) is 17.2 Å². The zero-order chi connectivity index (χ0) is 22.1. The van der Waals surface area contributed by atoms with Crippen molar-refractivity contribution in [2.45, 2.75) is 45.8 Å². The van der Waals surface area contributed by atoms with Crippen molar-refractivity contribution in [1.29, 1.82) is 0 Å². The molecule has 162 valence electrons. The van der Waals surface area contributed by atoms with Crippen molar-refractivity contribution in [3.63, 3.8) is 0 Å². The molecule has 30 heavy (non-hydrogen) atoms. The summed E-state index contributed by atoms with van der Waals surface area (Å²) < 4.78 is 5.40. The second kappa shape index (κ2) is 8.89. The van der Waals surface area contributed by atoms with Crippen molar-refractivity contribution in [2.24, 2.45) is 5.92 Å². The molecule has 0 saturated carbocycles. The van der Waals surface area contributed by atoms with Gasteiger partial charge in [-0.25, -0.2) is 4.79 Å². The highest BCUT2D eigenvalue weighted by Crippen LogP contribution is 2.36. The summed E-state index contributed by atoms with van der Waals surface area (Å²) in [6.07, 6.45) is 2.09. The number of ether oxygens (including phenoxy) is 1. The smallest absolute Gasteiger partial charge is 0.407 e. The summed E-state index contributed by atoms with van der Waals surface area (Å²) in [6.45, 7) is 8.89. The van der Waals surface area contributed by atoms with Crippen LogP contribution in [0.4, 0.5) is 15.3 Å². The van der Waals surface area contributed by atoms with Crippen LogP contribution in [0.5, 0.6) is 0 Å². The molecule has 3 amide bonds. The van der Waals surface area contributed by atoms with Crippen LogP contribution in [0.25, 0.3) is 6.08 Å². The van der Waals surface area contributed by atoms with E-state index >= 15 is 0 Å². The zero-order valence-electron chi connectivity index (χ0n) is 17.5. The number of alkyl carbamates (subject to hydrolysis) is 1. The van der Waals surface area contributed by atoms with E-state index in [2.05, 4.69) is 22.5 Å². The van der Waals surface area contributed by atoms with Gasteiger partial charge in [0.05, 0.1) is 21.7 Å². The second-order valence-electron chi connectivity index (χ2n) is 8.49. The SMILES string of the molecule is CC1CCN(c2c(Cl)cccc2/C=C2/SC(=O)NC2=O)CC1NC(=O)OC(C)(C)C. The number of hydrogen-bond acceptors (Lipinski definition) is 6. The number of carbonyl (C=O) groups excluding carboxylic acids is 3. The van der Waals surface area contributed by atoms with Gasteiger partial charge in [0.1, 0.15) is 5.60 Å². The summed E-state index contributed by atoms with van der Waals surface area (Å²) in [5.41, 5.74) is 0.962. The Balaban J connectivity index is 1.83. The lowest BCUT2D eigenvalue weighted by Gasteiger charge is -2.39. The van der Waals surface area contributed by atoms with Crippen LogP contribution >= 0.6 is 23.4 Å². The van der Waals surface area contributed by atoms with Gasteiger partial charge in [-0.1, -0.05) is 30.7 Å². The van der Waals surface area contributed by atoms with E-state index in [9.17, 15) is 14.4 Å². The second-order valence-corrected chi connectivity index (χ2v) is 9.92. The zero-order valence-corrected chi connectivity index (χ0v) is 19.0. The van der Waals surface area contributed by atoms with Gasteiger partial charge in [0.25, 0.3) is 11.1 Å². The molecule has 2 unspecified atom stereocenters. The lowest BCUT2D eigenvalue weighted by molar-refractivity contribution is -0.115. The quantitative estimate of drug-likeness (QED) is 0.662. The van der Waals surface area contributed by atoms with E-state index in [1.54, 1.807) is 18.2 Å². The fourth-order valence-electron chi connectivity index (χ4n) is 3.46. The topological polar surface area (TPSA) is 87.7 Å². The first-order valence-corrected chi connectivity index (χ1v) is 11.0. The minimum Gasteiger partial charge on any atom is -0.444 e. The van der Waals surface area contributed by atoms with Crippen molar-refractivity contribution in [3.05, 3.63) is 33.7 Å². The van der Waals surface area contributed by atoms with Gasteiger partial charge >= 0.3 is 6.09 Å². The number of nitrogens with zero attached hydrogens (tertiary/aromatic N) is 1. The standard InChI is InChI=1S/C21H26ClN3O4S/c1-12-8-9-25(11-15(12)23-19(27)29-21(2,3)4)17-13(6-5-7-14(17)22)10-16-18(26)24-20(28)30-16/h5-7,10,12,15H,8-9,11H2,1-4H3,(H,23,27)(H,24,26,28)/b16-10+. The largest absolute Gasteiger partial charge is 0.444 e. The molecule has 2 aliphatic rings. The van der Waals surface area contributed by atoms with Crippen LogP contribution in [-0.2, 0) is 9.53 Å². The summed E-state index contributed by atoms with van der Waals surface area (Å²) in [4.78, 5) is 38.2. The van der Waals surface area contributed by atoms with Crippen molar-refractivity contribution < 1.29 is 19.1 Å². The Morgan fingerprint density at radius 3 is 2.73 bits per heavy atom. The maximum atomic E-state index is 12.3. The van der Waals surface area contributed by atoms with Crippen molar-refractivity contribution >= 4 is 52.4 Å². The van der Waals surface area contributed by atoms with Crippen LogP contribution in [0, 0.1) is 5.92 Å². The average molecular weight is 452 g/mol. The molecule has 0 aromatic heterocycles. The third-order valence-electron chi connectivity index (χ3n) is 4.92. The maximum Gasteiger partial charge on any atom is 0.407 e. The highest BCUT2D eigenvalue weighted by Gasteiger charge is 2.31. The maximum absolute atomic E-state index is 12.3. The molecular formula is C21H26ClN3O4S. The molecule has 2 fully saturated rings. The van der Waals surface area contributed by atoms with Gasteiger partial charge in [0, 0.05) is 18.7 Å². The fraction of sp³-hybridized carbons (Fsp3) is 0.476. The van der Waals surface area contributed by atoms with E-state index < -0.39 is 17.6 Å². The lowest BCUT2D eigenvalue weighted by Crippen LogP contribution is -2.53. The molecule has 2 atom stereocenters. The van der Waals surface area contributed by atoms with Gasteiger partial charge in [0.2, 0.25) is 0 Å². The van der Waals surface area contributed by atoms with E-state index in [0.29, 0.717) is 16.5 Å². The van der Waals surface area contributed by atoms with Crippen LogP contribution in [0.1, 0.15) is 39.7 Å².